The van der Waals surface area contributed by atoms with Crippen molar-refractivity contribution < 1.29 is 57.4 Å². The number of rotatable bonds is 17. The predicted octanol–water partition coefficient (Wildman–Crippen LogP) is -1.72. The quantitative estimate of drug-likeness (QED) is 0.0751. The van der Waals surface area contributed by atoms with Gasteiger partial charge in [0.1, 0.15) is 36.4 Å². The third-order valence-electron chi connectivity index (χ3n) is 6.49. The lowest BCUT2D eigenvalue weighted by atomic mass is 10.1. The lowest BCUT2D eigenvalue weighted by molar-refractivity contribution is -0.156. The van der Waals surface area contributed by atoms with E-state index in [1.165, 1.54) is 0 Å². The SMILES string of the molecule is CC(C)(C)OC(=O)CCCNC(=O)C(NC(=O)CN1C(=O)C=CC1=O)C(NC(=O)CN1C(=O)C=CC1=O)C(=O)NCCCC(=O)OC(C)(C)C. The van der Waals surface area contributed by atoms with Crippen LogP contribution < -0.4 is 21.3 Å². The first kappa shape index (κ1) is 40.8. The fourth-order valence-electron chi connectivity index (χ4n) is 4.39. The van der Waals surface area contributed by atoms with E-state index in [0.29, 0.717) is 9.80 Å². The van der Waals surface area contributed by atoms with Gasteiger partial charge in [-0.05, 0) is 54.4 Å². The predicted molar refractivity (Wildman–Crippen MR) is 172 cm³/mol. The average molecular weight is 705 g/mol. The highest BCUT2D eigenvalue weighted by molar-refractivity contribution is 6.15. The van der Waals surface area contributed by atoms with Gasteiger partial charge in [0.25, 0.3) is 23.6 Å². The van der Waals surface area contributed by atoms with Crippen molar-refractivity contribution in [1.82, 2.24) is 31.1 Å². The molecule has 0 spiro atoms. The molecular weight excluding hydrogens is 660 g/mol. The summed E-state index contributed by atoms with van der Waals surface area (Å²) in [4.78, 5) is 127. The molecule has 0 radical (unpaired) electrons. The van der Waals surface area contributed by atoms with Crippen LogP contribution in [0, 0.1) is 0 Å². The van der Waals surface area contributed by atoms with Crippen molar-refractivity contribution in [1.29, 1.82) is 0 Å². The standard InChI is InChI=1S/C32H44N6O12/c1-31(2,3)49-25(45)9-7-15-33-29(47)27(35-19(39)17-37-21(41)11-12-22(37)42)28(36-20(40)18-38-23(43)13-14-24(38)44)30(48)34-16-8-10-26(46)50-32(4,5)6/h11-14,27-28H,7-10,15-18H2,1-6H3,(H,33,47)(H,34,48)(H,35,39)(H,36,40). The molecule has 2 rings (SSSR count). The zero-order chi connectivity index (χ0) is 37.8. The number of hydrogen-bond acceptors (Lipinski definition) is 12. The Balaban J connectivity index is 2.28. The summed E-state index contributed by atoms with van der Waals surface area (Å²) in [5.74, 6) is -8.41. The summed E-state index contributed by atoms with van der Waals surface area (Å²) in [7, 11) is 0. The Bertz CT molecular complexity index is 1310. The van der Waals surface area contributed by atoms with E-state index in [9.17, 15) is 47.9 Å². The van der Waals surface area contributed by atoms with Crippen LogP contribution in [-0.2, 0) is 57.4 Å². The topological polar surface area (TPSA) is 244 Å². The maximum absolute atomic E-state index is 13.5. The van der Waals surface area contributed by atoms with Crippen molar-refractivity contribution in [2.75, 3.05) is 26.2 Å². The molecule has 0 bridgehead atoms. The number of carbonyl (C=O) groups is 10. The second-order valence-electron chi connectivity index (χ2n) is 13.2. The van der Waals surface area contributed by atoms with Crippen LogP contribution in [0.15, 0.2) is 24.3 Å². The van der Waals surface area contributed by atoms with Crippen LogP contribution in [0.4, 0.5) is 0 Å². The summed E-state index contributed by atoms with van der Waals surface area (Å²) in [6, 6.07) is -3.77. The molecule has 4 N–H and O–H groups in total. The highest BCUT2D eigenvalue weighted by Gasteiger charge is 2.38. The minimum absolute atomic E-state index is 0.0871. The van der Waals surface area contributed by atoms with E-state index in [1.807, 2.05) is 0 Å². The zero-order valence-corrected chi connectivity index (χ0v) is 28.9. The molecule has 0 aliphatic carbocycles. The molecule has 274 valence electrons. The van der Waals surface area contributed by atoms with E-state index < -0.39 is 95.6 Å². The fourth-order valence-corrected chi connectivity index (χ4v) is 4.39. The average Bonchev–Trinajstić information content (AvgIpc) is 3.47. The van der Waals surface area contributed by atoms with Crippen molar-refractivity contribution in [3.63, 3.8) is 0 Å². The number of carbonyl (C=O) groups excluding carboxylic acids is 10. The lowest BCUT2D eigenvalue weighted by Gasteiger charge is -2.28. The monoisotopic (exact) mass is 704 g/mol. The van der Waals surface area contributed by atoms with E-state index in [2.05, 4.69) is 21.3 Å². The van der Waals surface area contributed by atoms with Crippen LogP contribution in [0.25, 0.3) is 0 Å². The van der Waals surface area contributed by atoms with Gasteiger partial charge in [-0.15, -0.1) is 0 Å². The zero-order valence-electron chi connectivity index (χ0n) is 28.9. The molecule has 2 atom stereocenters. The smallest absolute Gasteiger partial charge is 0.306 e. The van der Waals surface area contributed by atoms with E-state index in [4.69, 9.17) is 9.47 Å². The van der Waals surface area contributed by atoms with Gasteiger partial charge in [0, 0.05) is 50.2 Å². The Morgan fingerprint density at radius 3 is 1.16 bits per heavy atom. The van der Waals surface area contributed by atoms with E-state index in [1.54, 1.807) is 41.5 Å². The molecule has 0 fully saturated rings. The number of amides is 8. The Morgan fingerprint density at radius 1 is 0.580 bits per heavy atom. The highest BCUT2D eigenvalue weighted by Crippen LogP contribution is 2.11. The Labute approximate surface area is 288 Å². The fraction of sp³-hybridized carbons (Fsp3) is 0.562. The van der Waals surface area contributed by atoms with Gasteiger partial charge in [-0.2, -0.15) is 0 Å². The Hall–Kier alpha value is -5.42. The highest BCUT2D eigenvalue weighted by atomic mass is 16.6. The molecule has 50 heavy (non-hydrogen) atoms. The van der Waals surface area contributed by atoms with E-state index in [0.717, 1.165) is 24.3 Å². The molecule has 2 aliphatic heterocycles. The summed E-state index contributed by atoms with van der Waals surface area (Å²) >= 11 is 0. The van der Waals surface area contributed by atoms with Gasteiger partial charge in [-0.1, -0.05) is 0 Å². The van der Waals surface area contributed by atoms with Gasteiger partial charge >= 0.3 is 11.9 Å². The van der Waals surface area contributed by atoms with Crippen molar-refractivity contribution in [2.45, 2.75) is 90.5 Å². The first-order valence-electron chi connectivity index (χ1n) is 15.8. The van der Waals surface area contributed by atoms with Gasteiger partial charge in [0.15, 0.2) is 0 Å². The van der Waals surface area contributed by atoms with E-state index in [-0.39, 0.29) is 38.8 Å². The molecule has 2 unspecified atom stereocenters. The number of hydrogen-bond donors (Lipinski definition) is 4. The lowest BCUT2D eigenvalue weighted by Crippen LogP contribution is -2.65. The molecule has 8 amide bonds. The van der Waals surface area contributed by atoms with Crippen LogP contribution >= 0.6 is 0 Å². The largest absolute Gasteiger partial charge is 0.460 e. The van der Waals surface area contributed by atoms with Gasteiger partial charge in [-0.3, -0.25) is 57.7 Å². The first-order valence-corrected chi connectivity index (χ1v) is 15.8. The summed E-state index contributed by atoms with van der Waals surface area (Å²) < 4.78 is 10.5. The third kappa shape index (κ3) is 14.0. The van der Waals surface area contributed by atoms with Gasteiger partial charge < -0.3 is 30.7 Å². The van der Waals surface area contributed by atoms with Crippen LogP contribution in [0.5, 0.6) is 0 Å². The Morgan fingerprint density at radius 2 is 0.880 bits per heavy atom. The van der Waals surface area contributed by atoms with Crippen molar-refractivity contribution >= 4 is 59.2 Å². The van der Waals surface area contributed by atoms with Crippen molar-refractivity contribution in [3.05, 3.63) is 24.3 Å². The maximum Gasteiger partial charge on any atom is 0.306 e. The number of nitrogens with zero attached hydrogens (tertiary/aromatic N) is 2. The normalized spacial score (nSPS) is 15.5. The minimum atomic E-state index is -1.89. The van der Waals surface area contributed by atoms with Crippen LogP contribution in [0.3, 0.4) is 0 Å². The van der Waals surface area contributed by atoms with Crippen molar-refractivity contribution in [2.24, 2.45) is 0 Å². The summed E-state index contributed by atoms with van der Waals surface area (Å²) in [5.41, 5.74) is -1.48. The molecular formula is C32H44N6O12. The minimum Gasteiger partial charge on any atom is -0.460 e. The number of nitrogens with one attached hydrogen (secondary N) is 4. The number of imide groups is 2. The molecule has 0 aromatic carbocycles. The van der Waals surface area contributed by atoms with Crippen LogP contribution in [-0.4, -0.2) is 118 Å². The molecule has 18 heteroatoms. The molecule has 0 saturated carbocycles. The number of ether oxygens (including phenoxy) is 2. The second-order valence-corrected chi connectivity index (χ2v) is 13.2. The van der Waals surface area contributed by atoms with Crippen molar-refractivity contribution in [3.8, 4) is 0 Å². The third-order valence-corrected chi connectivity index (χ3v) is 6.49. The molecule has 0 aromatic heterocycles. The summed E-state index contributed by atoms with van der Waals surface area (Å²) in [6.07, 6.45) is 3.74. The molecule has 0 aromatic rings. The maximum atomic E-state index is 13.5. The second kappa shape index (κ2) is 17.8. The molecule has 2 heterocycles. The molecule has 18 nitrogen and oxygen atoms in total. The van der Waals surface area contributed by atoms with Gasteiger partial charge in [0.2, 0.25) is 23.6 Å². The molecule has 0 saturated heterocycles. The Kier molecular flexibility index (Phi) is 14.5. The van der Waals surface area contributed by atoms with Gasteiger partial charge in [0.05, 0.1) is 0 Å². The first-order chi connectivity index (χ1) is 23.2. The van der Waals surface area contributed by atoms with Gasteiger partial charge in [-0.25, -0.2) is 0 Å². The van der Waals surface area contributed by atoms with E-state index >= 15 is 0 Å². The summed E-state index contributed by atoms with van der Waals surface area (Å²) in [5, 5.41) is 9.49. The summed E-state index contributed by atoms with van der Waals surface area (Å²) in [6.45, 7) is 8.14. The molecule has 2 aliphatic rings. The van der Waals surface area contributed by atoms with Crippen LogP contribution in [0.2, 0.25) is 0 Å². The van der Waals surface area contributed by atoms with Crippen LogP contribution in [0.1, 0.15) is 67.2 Å². The number of esters is 2.